The van der Waals surface area contributed by atoms with Crippen molar-refractivity contribution in [1.29, 1.82) is 0 Å². The molecule has 1 aromatic heterocycles. The molecule has 1 fully saturated rings. The molecular formula is C21H28N4O4S. The lowest BCUT2D eigenvalue weighted by molar-refractivity contribution is 0.0461. The third-order valence-electron chi connectivity index (χ3n) is 4.91. The van der Waals surface area contributed by atoms with Gasteiger partial charge in [0.2, 0.25) is 10.0 Å². The van der Waals surface area contributed by atoms with Crippen molar-refractivity contribution in [2.24, 2.45) is 0 Å². The Labute approximate surface area is 177 Å². The van der Waals surface area contributed by atoms with Gasteiger partial charge in [0.1, 0.15) is 0 Å². The largest absolute Gasteiger partial charge is 0.447 e. The van der Waals surface area contributed by atoms with Gasteiger partial charge in [0.25, 0.3) is 0 Å². The second-order valence-electron chi connectivity index (χ2n) is 7.81. The summed E-state index contributed by atoms with van der Waals surface area (Å²) in [5, 5.41) is 0. The van der Waals surface area contributed by atoms with E-state index in [9.17, 15) is 13.2 Å². The average molecular weight is 433 g/mol. The highest BCUT2D eigenvalue weighted by atomic mass is 32.2. The van der Waals surface area contributed by atoms with E-state index >= 15 is 0 Å². The van der Waals surface area contributed by atoms with Crippen LogP contribution in [-0.2, 0) is 21.2 Å². The molecule has 2 aromatic rings. The van der Waals surface area contributed by atoms with Gasteiger partial charge in [-0.2, -0.15) is 0 Å². The number of piperidine rings is 1. The van der Waals surface area contributed by atoms with Crippen LogP contribution >= 0.6 is 0 Å². The maximum atomic E-state index is 12.7. The monoisotopic (exact) mass is 432 g/mol. The minimum atomic E-state index is -3.42. The molecule has 1 aliphatic rings. The van der Waals surface area contributed by atoms with Crippen LogP contribution in [0.2, 0.25) is 0 Å². The van der Waals surface area contributed by atoms with Gasteiger partial charge in [0.05, 0.1) is 18.4 Å². The number of likely N-dealkylation sites (tertiary alicyclic amines) is 1. The first-order valence-electron chi connectivity index (χ1n) is 10.0. The molecule has 1 amide bonds. The summed E-state index contributed by atoms with van der Waals surface area (Å²) in [6, 6.07) is 8.81. The number of nitrogens with one attached hydrogen (secondary N) is 1. The maximum absolute atomic E-state index is 12.7. The first-order valence-corrected chi connectivity index (χ1v) is 11.9. The van der Waals surface area contributed by atoms with Crippen molar-refractivity contribution in [2.45, 2.75) is 51.3 Å². The van der Waals surface area contributed by atoms with Gasteiger partial charge in [-0.1, -0.05) is 18.2 Å². The molecule has 2 atom stereocenters. The molecule has 9 heteroatoms. The summed E-state index contributed by atoms with van der Waals surface area (Å²) in [5.41, 5.74) is 1.84. The molecular weight excluding hydrogens is 404 g/mol. The smallest absolute Gasteiger partial charge is 0.410 e. The average Bonchev–Trinajstić information content (AvgIpc) is 2.68. The van der Waals surface area contributed by atoms with Crippen LogP contribution in [0.5, 0.6) is 0 Å². The quantitative estimate of drug-likeness (QED) is 0.753. The number of hydrogen-bond acceptors (Lipinski definition) is 6. The molecule has 1 aliphatic heterocycles. The molecule has 1 aromatic carbocycles. The van der Waals surface area contributed by atoms with Crippen LogP contribution in [0.25, 0.3) is 11.4 Å². The number of ether oxygens (including phenoxy) is 1. The molecule has 30 heavy (non-hydrogen) atoms. The minimum absolute atomic E-state index is 0.250. The summed E-state index contributed by atoms with van der Waals surface area (Å²) in [7, 11) is -3.42. The van der Waals surface area contributed by atoms with E-state index in [0.29, 0.717) is 31.6 Å². The van der Waals surface area contributed by atoms with Gasteiger partial charge in [-0.3, -0.25) is 0 Å². The van der Waals surface area contributed by atoms with Crippen molar-refractivity contribution >= 4 is 16.1 Å². The van der Waals surface area contributed by atoms with Crippen LogP contribution in [0.4, 0.5) is 4.79 Å². The van der Waals surface area contributed by atoms with Crippen molar-refractivity contribution in [3.05, 3.63) is 48.3 Å². The van der Waals surface area contributed by atoms with Crippen molar-refractivity contribution in [3.63, 3.8) is 0 Å². The Morgan fingerprint density at radius 3 is 2.67 bits per heavy atom. The highest BCUT2D eigenvalue weighted by Gasteiger charge is 2.37. The molecule has 0 radical (unpaired) electrons. The number of benzene rings is 1. The minimum Gasteiger partial charge on any atom is -0.447 e. The molecule has 0 bridgehead atoms. The fourth-order valence-electron chi connectivity index (χ4n) is 3.74. The van der Waals surface area contributed by atoms with Crippen LogP contribution in [-0.4, -0.2) is 60.4 Å². The van der Waals surface area contributed by atoms with E-state index in [4.69, 9.17) is 4.74 Å². The SMILES string of the molecule is CC(C)OC(=O)N1CCC[C@H](NS(C)(=O)=O)[C@@H]1Cc1cccc(-c2ncccn2)c1. The van der Waals surface area contributed by atoms with Crippen LogP contribution in [0.3, 0.4) is 0 Å². The molecule has 0 aliphatic carbocycles. The van der Waals surface area contributed by atoms with Gasteiger partial charge < -0.3 is 9.64 Å². The van der Waals surface area contributed by atoms with Crippen LogP contribution in [0.1, 0.15) is 32.3 Å². The first-order chi connectivity index (χ1) is 14.2. The molecule has 0 saturated carbocycles. The third-order valence-corrected chi connectivity index (χ3v) is 5.64. The molecule has 162 valence electrons. The number of rotatable bonds is 6. The second-order valence-corrected chi connectivity index (χ2v) is 9.59. The van der Waals surface area contributed by atoms with Gasteiger partial charge in [-0.25, -0.2) is 27.9 Å². The second kappa shape index (κ2) is 9.53. The van der Waals surface area contributed by atoms with Gasteiger partial charge in [0.15, 0.2) is 5.82 Å². The molecule has 1 saturated heterocycles. The summed E-state index contributed by atoms with van der Waals surface area (Å²) >= 11 is 0. The van der Waals surface area contributed by atoms with Gasteiger partial charge in [0, 0.05) is 30.5 Å². The normalized spacial score (nSPS) is 19.7. The fourth-order valence-corrected chi connectivity index (χ4v) is 4.57. The molecule has 2 heterocycles. The Bertz CT molecular complexity index is 966. The molecule has 1 N–H and O–H groups in total. The highest BCUT2D eigenvalue weighted by Crippen LogP contribution is 2.25. The van der Waals surface area contributed by atoms with Gasteiger partial charge >= 0.3 is 6.09 Å². The lowest BCUT2D eigenvalue weighted by Crippen LogP contribution is -2.58. The van der Waals surface area contributed by atoms with Gasteiger partial charge in [-0.05, 0) is 50.8 Å². The van der Waals surface area contributed by atoms with Crippen molar-refractivity contribution in [2.75, 3.05) is 12.8 Å². The predicted octanol–water partition coefficient (Wildman–Crippen LogP) is 2.61. The standard InChI is InChI=1S/C21H28N4O4S/c1-15(2)29-21(26)25-12-5-9-18(24-30(3,27)28)19(25)14-16-7-4-8-17(13-16)20-22-10-6-11-23-20/h4,6-8,10-11,13,15,18-19,24H,5,9,12,14H2,1-3H3/t18-,19-/m0/s1. The zero-order valence-electron chi connectivity index (χ0n) is 17.5. The Morgan fingerprint density at radius 1 is 1.27 bits per heavy atom. The Kier molecular flexibility index (Phi) is 7.04. The highest BCUT2D eigenvalue weighted by molar-refractivity contribution is 7.88. The molecule has 3 rings (SSSR count). The Balaban J connectivity index is 1.89. The van der Waals surface area contributed by atoms with Crippen molar-refractivity contribution in [1.82, 2.24) is 19.6 Å². The number of nitrogens with zero attached hydrogens (tertiary/aromatic N) is 3. The summed E-state index contributed by atoms with van der Waals surface area (Å²) in [6.07, 6.45) is 5.69. The summed E-state index contributed by atoms with van der Waals surface area (Å²) in [6.45, 7) is 4.12. The van der Waals surface area contributed by atoms with Crippen LogP contribution in [0.15, 0.2) is 42.7 Å². The van der Waals surface area contributed by atoms with E-state index in [1.807, 2.05) is 24.3 Å². The number of aromatic nitrogens is 2. The summed E-state index contributed by atoms with van der Waals surface area (Å²) < 4.78 is 32.0. The van der Waals surface area contributed by atoms with E-state index in [0.717, 1.165) is 17.4 Å². The summed E-state index contributed by atoms with van der Waals surface area (Å²) in [5.74, 6) is 0.616. The number of hydrogen-bond donors (Lipinski definition) is 1. The zero-order chi connectivity index (χ0) is 21.7. The van der Waals surface area contributed by atoms with E-state index in [1.54, 1.807) is 37.2 Å². The van der Waals surface area contributed by atoms with E-state index < -0.39 is 16.1 Å². The van der Waals surface area contributed by atoms with E-state index in [-0.39, 0.29) is 18.2 Å². The Hall–Kier alpha value is -2.52. The lowest BCUT2D eigenvalue weighted by atomic mass is 9.91. The summed E-state index contributed by atoms with van der Waals surface area (Å²) in [4.78, 5) is 22.9. The van der Waals surface area contributed by atoms with Crippen LogP contribution < -0.4 is 4.72 Å². The van der Waals surface area contributed by atoms with Gasteiger partial charge in [-0.15, -0.1) is 0 Å². The number of carbonyl (C=O) groups excluding carboxylic acids is 1. The molecule has 0 unspecified atom stereocenters. The third kappa shape index (κ3) is 5.99. The Morgan fingerprint density at radius 2 is 2.00 bits per heavy atom. The van der Waals surface area contributed by atoms with E-state index in [1.165, 1.54) is 0 Å². The van der Waals surface area contributed by atoms with E-state index in [2.05, 4.69) is 14.7 Å². The van der Waals surface area contributed by atoms with Crippen LogP contribution in [0, 0.1) is 0 Å². The number of carbonyl (C=O) groups is 1. The molecule has 0 spiro atoms. The lowest BCUT2D eigenvalue weighted by Gasteiger charge is -2.41. The van der Waals surface area contributed by atoms with Crippen molar-refractivity contribution in [3.8, 4) is 11.4 Å². The van der Waals surface area contributed by atoms with Crippen molar-refractivity contribution < 1.29 is 17.9 Å². The zero-order valence-corrected chi connectivity index (χ0v) is 18.3. The maximum Gasteiger partial charge on any atom is 0.410 e. The number of amides is 1. The topological polar surface area (TPSA) is 101 Å². The number of sulfonamides is 1. The fraction of sp³-hybridized carbons (Fsp3) is 0.476. The first kappa shape index (κ1) is 22.2. The molecule has 8 nitrogen and oxygen atoms in total. The predicted molar refractivity (Wildman–Crippen MR) is 114 cm³/mol.